The molecule has 0 aromatic rings. The average Bonchev–Trinajstić information content (AvgIpc) is 2.60. The summed E-state index contributed by atoms with van der Waals surface area (Å²) in [6.07, 6.45) is 0.631. The van der Waals surface area contributed by atoms with Crippen LogP contribution in [0.5, 0.6) is 0 Å². The Morgan fingerprint density at radius 1 is 1.35 bits per heavy atom. The van der Waals surface area contributed by atoms with Gasteiger partial charge in [-0.3, -0.25) is 4.90 Å². The number of carbonyl (C=O) groups excluding carboxylic acids is 1. The second kappa shape index (κ2) is 4.13. The molecule has 0 aromatic heterocycles. The van der Waals surface area contributed by atoms with Crippen molar-refractivity contribution < 1.29 is 9.53 Å². The summed E-state index contributed by atoms with van der Waals surface area (Å²) in [5.41, 5.74) is 1.92. The molecule has 17 heavy (non-hydrogen) atoms. The number of carbonyl (C=O) groups is 1. The van der Waals surface area contributed by atoms with Crippen LogP contribution in [-0.2, 0) is 4.74 Å². The van der Waals surface area contributed by atoms with Crippen molar-refractivity contribution in [3.05, 3.63) is 11.4 Å². The van der Waals surface area contributed by atoms with Crippen molar-refractivity contribution in [3.63, 3.8) is 0 Å². The predicted octanol–water partition coefficient (Wildman–Crippen LogP) is 1.38. The van der Waals surface area contributed by atoms with Gasteiger partial charge in [-0.2, -0.15) is 0 Å². The molecule has 1 unspecified atom stereocenters. The Kier molecular flexibility index (Phi) is 2.93. The summed E-state index contributed by atoms with van der Waals surface area (Å²) in [5, 5.41) is 6.53. The van der Waals surface area contributed by atoms with Gasteiger partial charge >= 0.3 is 6.09 Å². The zero-order valence-electron chi connectivity index (χ0n) is 11.0. The number of hydrogen-bond donors (Lipinski definition) is 2. The fraction of sp³-hybridized carbons (Fsp3) is 0.750. The van der Waals surface area contributed by atoms with Crippen molar-refractivity contribution in [2.24, 2.45) is 0 Å². The molecular formula is C12H21N3O2. The molecule has 0 saturated carbocycles. The van der Waals surface area contributed by atoms with Gasteiger partial charge in [0, 0.05) is 18.2 Å². The molecule has 0 saturated heterocycles. The van der Waals surface area contributed by atoms with Gasteiger partial charge in [0.1, 0.15) is 5.60 Å². The van der Waals surface area contributed by atoms with Gasteiger partial charge in [-0.05, 0) is 27.7 Å². The maximum Gasteiger partial charge on any atom is 0.410 e. The summed E-state index contributed by atoms with van der Waals surface area (Å²) in [6, 6.07) is 0.177. The molecule has 0 radical (unpaired) electrons. The van der Waals surface area contributed by atoms with Crippen molar-refractivity contribution in [1.29, 1.82) is 0 Å². The molecule has 96 valence electrons. The Morgan fingerprint density at radius 3 is 2.65 bits per heavy atom. The molecule has 2 N–H and O–H groups in total. The highest BCUT2D eigenvalue weighted by Gasteiger charge is 2.33. The van der Waals surface area contributed by atoms with Crippen molar-refractivity contribution in [1.82, 2.24) is 15.5 Å². The van der Waals surface area contributed by atoms with Crippen LogP contribution in [0.1, 0.15) is 34.1 Å². The third kappa shape index (κ3) is 2.65. The minimum absolute atomic E-state index is 0.177. The highest BCUT2D eigenvalue weighted by molar-refractivity contribution is 5.69. The van der Waals surface area contributed by atoms with Crippen molar-refractivity contribution in [2.45, 2.75) is 45.8 Å². The molecule has 2 heterocycles. The van der Waals surface area contributed by atoms with E-state index < -0.39 is 5.60 Å². The topological polar surface area (TPSA) is 53.6 Å². The van der Waals surface area contributed by atoms with E-state index in [0.29, 0.717) is 6.54 Å². The van der Waals surface area contributed by atoms with Crippen LogP contribution in [0.4, 0.5) is 4.79 Å². The van der Waals surface area contributed by atoms with E-state index in [1.807, 2.05) is 27.7 Å². The normalized spacial score (nSPS) is 24.0. The van der Waals surface area contributed by atoms with E-state index in [4.69, 9.17) is 4.74 Å². The molecule has 1 amide bonds. The highest BCUT2D eigenvalue weighted by atomic mass is 16.6. The van der Waals surface area contributed by atoms with Crippen LogP contribution in [0, 0.1) is 0 Å². The van der Waals surface area contributed by atoms with Crippen molar-refractivity contribution in [2.75, 3.05) is 13.2 Å². The molecule has 0 aliphatic carbocycles. The third-order valence-corrected chi connectivity index (χ3v) is 2.96. The minimum atomic E-state index is -0.438. The Morgan fingerprint density at radius 2 is 2.00 bits per heavy atom. The fourth-order valence-electron chi connectivity index (χ4n) is 2.11. The van der Waals surface area contributed by atoms with E-state index in [2.05, 4.69) is 10.6 Å². The average molecular weight is 239 g/mol. The predicted molar refractivity (Wildman–Crippen MR) is 65.2 cm³/mol. The van der Waals surface area contributed by atoms with E-state index in [1.165, 1.54) is 5.70 Å². The van der Waals surface area contributed by atoms with Crippen LogP contribution in [-0.4, -0.2) is 35.8 Å². The van der Waals surface area contributed by atoms with Gasteiger partial charge in [-0.15, -0.1) is 0 Å². The largest absolute Gasteiger partial charge is 0.444 e. The van der Waals surface area contributed by atoms with Crippen LogP contribution < -0.4 is 10.6 Å². The lowest BCUT2D eigenvalue weighted by Crippen LogP contribution is -2.46. The van der Waals surface area contributed by atoms with E-state index in [0.717, 1.165) is 18.8 Å². The monoisotopic (exact) mass is 239 g/mol. The first-order chi connectivity index (χ1) is 7.87. The molecule has 0 spiro atoms. The highest BCUT2D eigenvalue weighted by Crippen LogP contribution is 2.24. The van der Waals surface area contributed by atoms with E-state index in [9.17, 15) is 4.79 Å². The van der Waals surface area contributed by atoms with Gasteiger partial charge in [0.05, 0.1) is 18.9 Å². The lowest BCUT2D eigenvalue weighted by atomic mass is 10.1. The molecule has 2 aliphatic rings. The summed E-state index contributed by atoms with van der Waals surface area (Å²) >= 11 is 0. The second-order valence-corrected chi connectivity index (χ2v) is 5.65. The molecule has 0 aromatic carbocycles. The first-order valence-corrected chi connectivity index (χ1v) is 6.06. The van der Waals surface area contributed by atoms with Crippen LogP contribution >= 0.6 is 0 Å². The summed E-state index contributed by atoms with van der Waals surface area (Å²) in [4.78, 5) is 13.8. The van der Waals surface area contributed by atoms with Crippen molar-refractivity contribution >= 4 is 6.09 Å². The molecule has 2 rings (SSSR count). The summed E-state index contributed by atoms with van der Waals surface area (Å²) < 4.78 is 5.41. The zero-order valence-corrected chi connectivity index (χ0v) is 11.0. The smallest absolute Gasteiger partial charge is 0.410 e. The second-order valence-electron chi connectivity index (χ2n) is 5.65. The minimum Gasteiger partial charge on any atom is -0.444 e. The fourth-order valence-corrected chi connectivity index (χ4v) is 2.11. The van der Waals surface area contributed by atoms with Gasteiger partial charge in [-0.1, -0.05) is 0 Å². The summed E-state index contributed by atoms with van der Waals surface area (Å²) in [7, 11) is 0. The SMILES string of the molecule is CC1CC2=C(CN1C(=O)OC(C)(C)C)NCN2. The summed E-state index contributed by atoms with van der Waals surface area (Å²) in [5.74, 6) is 0. The van der Waals surface area contributed by atoms with Gasteiger partial charge in [0.2, 0.25) is 0 Å². The Labute approximate surface area is 102 Å². The first-order valence-electron chi connectivity index (χ1n) is 6.06. The Bertz CT molecular complexity index is 357. The van der Waals surface area contributed by atoms with Crippen LogP contribution in [0.25, 0.3) is 0 Å². The van der Waals surface area contributed by atoms with Gasteiger partial charge in [-0.25, -0.2) is 4.79 Å². The Balaban J connectivity index is 2.05. The van der Waals surface area contributed by atoms with Crippen LogP contribution in [0.3, 0.4) is 0 Å². The quantitative estimate of drug-likeness (QED) is 0.670. The third-order valence-electron chi connectivity index (χ3n) is 2.96. The molecular weight excluding hydrogens is 218 g/mol. The van der Waals surface area contributed by atoms with Gasteiger partial charge < -0.3 is 15.4 Å². The standard InChI is InChI=1S/C12H21N3O2/c1-8-5-9-10(14-7-13-9)6-15(8)11(16)17-12(2,3)4/h8,13-14H,5-7H2,1-4H3. The molecule has 0 bridgehead atoms. The number of nitrogens with one attached hydrogen (secondary N) is 2. The number of nitrogens with zero attached hydrogens (tertiary/aromatic N) is 1. The molecule has 5 nitrogen and oxygen atoms in total. The maximum absolute atomic E-state index is 12.0. The lowest BCUT2D eigenvalue weighted by molar-refractivity contribution is 0.0181. The maximum atomic E-state index is 12.0. The van der Waals surface area contributed by atoms with E-state index in [-0.39, 0.29) is 12.1 Å². The molecule has 0 fully saturated rings. The number of amides is 1. The van der Waals surface area contributed by atoms with Crippen molar-refractivity contribution in [3.8, 4) is 0 Å². The van der Waals surface area contributed by atoms with Gasteiger partial charge in [0.25, 0.3) is 0 Å². The first kappa shape index (κ1) is 12.1. The van der Waals surface area contributed by atoms with Crippen LogP contribution in [0.15, 0.2) is 11.4 Å². The summed E-state index contributed by atoms with van der Waals surface area (Å²) in [6.45, 7) is 9.09. The van der Waals surface area contributed by atoms with Crippen LogP contribution in [0.2, 0.25) is 0 Å². The molecule has 5 heteroatoms. The Hall–Kier alpha value is -1.39. The number of ether oxygens (including phenoxy) is 1. The van der Waals surface area contributed by atoms with Gasteiger partial charge in [0.15, 0.2) is 0 Å². The lowest BCUT2D eigenvalue weighted by Gasteiger charge is -2.35. The number of rotatable bonds is 0. The molecule has 1 atom stereocenters. The van der Waals surface area contributed by atoms with E-state index >= 15 is 0 Å². The zero-order chi connectivity index (χ0) is 12.6. The number of hydrogen-bond acceptors (Lipinski definition) is 4. The van der Waals surface area contributed by atoms with E-state index in [1.54, 1.807) is 4.90 Å². The molecule has 2 aliphatic heterocycles.